The second-order valence-electron chi connectivity index (χ2n) is 5.75. The quantitative estimate of drug-likeness (QED) is 0.874. The van der Waals surface area contributed by atoms with Gasteiger partial charge in [-0.3, -0.25) is 9.69 Å². The molecule has 1 atom stereocenters. The molecule has 21 heavy (non-hydrogen) atoms. The third-order valence-electron chi connectivity index (χ3n) is 3.86. The van der Waals surface area contributed by atoms with Crippen molar-refractivity contribution < 1.29 is 14.3 Å². The molecule has 0 aliphatic carbocycles. The normalized spacial score (nSPS) is 23.2. The number of rotatable bonds is 5. The van der Waals surface area contributed by atoms with Crippen LogP contribution in [0.2, 0.25) is 5.02 Å². The average Bonchev–Trinajstić information content (AvgIpc) is 2.41. The van der Waals surface area contributed by atoms with Crippen molar-refractivity contribution in [2.75, 3.05) is 13.1 Å². The van der Waals surface area contributed by atoms with Crippen LogP contribution in [0.15, 0.2) is 18.2 Å². The maximum absolute atomic E-state index is 13.4. The first-order valence-corrected chi connectivity index (χ1v) is 7.43. The molecule has 0 radical (unpaired) electrons. The van der Waals surface area contributed by atoms with Gasteiger partial charge in [0.25, 0.3) is 0 Å². The summed E-state index contributed by atoms with van der Waals surface area (Å²) in [6, 6.07) is 4.73. The van der Waals surface area contributed by atoms with Crippen molar-refractivity contribution in [1.29, 1.82) is 0 Å². The number of amides is 1. The molecule has 1 aliphatic rings. The van der Waals surface area contributed by atoms with Crippen LogP contribution < -0.4 is 5.73 Å². The summed E-state index contributed by atoms with van der Waals surface area (Å²) in [6.45, 7) is 1.85. The monoisotopic (exact) mass is 314 g/mol. The molecule has 1 aromatic rings. The van der Waals surface area contributed by atoms with Gasteiger partial charge in [-0.1, -0.05) is 17.7 Å². The van der Waals surface area contributed by atoms with Crippen LogP contribution >= 0.6 is 11.6 Å². The Balaban J connectivity index is 1.97. The fourth-order valence-corrected chi connectivity index (χ4v) is 2.91. The fraction of sp³-hybridized carbons (Fsp3) is 0.533. The van der Waals surface area contributed by atoms with Crippen LogP contribution in [-0.2, 0) is 11.3 Å². The maximum Gasteiger partial charge on any atom is 0.217 e. The molecule has 1 saturated heterocycles. The van der Waals surface area contributed by atoms with Crippen LogP contribution in [0.1, 0.15) is 31.2 Å². The van der Waals surface area contributed by atoms with Crippen LogP contribution in [-0.4, -0.2) is 34.6 Å². The molecular weight excluding hydrogens is 295 g/mol. The van der Waals surface area contributed by atoms with E-state index in [1.807, 2.05) is 0 Å². The summed E-state index contributed by atoms with van der Waals surface area (Å²) in [5, 5.41) is 10.6. The van der Waals surface area contributed by atoms with Crippen LogP contribution in [0, 0.1) is 5.82 Å². The van der Waals surface area contributed by atoms with Gasteiger partial charge >= 0.3 is 0 Å². The zero-order chi connectivity index (χ0) is 15.5. The zero-order valence-corrected chi connectivity index (χ0v) is 12.6. The van der Waals surface area contributed by atoms with E-state index in [9.17, 15) is 14.3 Å². The lowest BCUT2D eigenvalue weighted by atomic mass is 9.88. The van der Waals surface area contributed by atoms with Gasteiger partial charge in [0.05, 0.1) is 10.6 Å². The van der Waals surface area contributed by atoms with Crippen molar-refractivity contribution in [3.8, 4) is 0 Å². The van der Waals surface area contributed by atoms with E-state index < -0.39 is 17.3 Å². The summed E-state index contributed by atoms with van der Waals surface area (Å²) in [5.41, 5.74) is 5.06. The summed E-state index contributed by atoms with van der Waals surface area (Å²) in [7, 11) is 0. The minimum atomic E-state index is -0.891. The highest BCUT2D eigenvalue weighted by Crippen LogP contribution is 2.27. The first-order chi connectivity index (χ1) is 9.88. The molecule has 1 fully saturated rings. The molecule has 0 spiro atoms. The van der Waals surface area contributed by atoms with Crippen LogP contribution in [0.3, 0.4) is 0 Å². The third-order valence-corrected chi connectivity index (χ3v) is 4.17. The standard InChI is InChI=1S/C15H20ClFN2O2/c16-12-3-2-11(8-13(12)17)9-19-7-1-5-15(21,10-19)6-4-14(18)20/h2-3,8,21H,1,4-7,9-10H2,(H2,18,20)/t15-/m1/s1. The number of aliphatic hydroxyl groups is 1. The fourth-order valence-electron chi connectivity index (χ4n) is 2.80. The minimum Gasteiger partial charge on any atom is -0.389 e. The predicted octanol–water partition coefficient (Wildman–Crippen LogP) is 2.07. The zero-order valence-electron chi connectivity index (χ0n) is 11.8. The number of benzene rings is 1. The van der Waals surface area contributed by atoms with Crippen molar-refractivity contribution in [2.45, 2.75) is 37.8 Å². The second-order valence-corrected chi connectivity index (χ2v) is 6.16. The van der Waals surface area contributed by atoms with Crippen molar-refractivity contribution in [3.05, 3.63) is 34.6 Å². The van der Waals surface area contributed by atoms with E-state index in [4.69, 9.17) is 17.3 Å². The Morgan fingerprint density at radius 2 is 2.29 bits per heavy atom. The number of nitrogens with zero attached hydrogens (tertiary/aromatic N) is 1. The molecule has 2 rings (SSSR count). The highest BCUT2D eigenvalue weighted by atomic mass is 35.5. The first-order valence-electron chi connectivity index (χ1n) is 7.05. The van der Waals surface area contributed by atoms with E-state index >= 15 is 0 Å². The van der Waals surface area contributed by atoms with E-state index in [1.165, 1.54) is 12.1 Å². The molecule has 0 bridgehead atoms. The van der Waals surface area contributed by atoms with Gasteiger partial charge in [-0.2, -0.15) is 0 Å². The molecular formula is C15H20ClFN2O2. The smallest absolute Gasteiger partial charge is 0.217 e. The number of hydrogen-bond donors (Lipinski definition) is 2. The van der Waals surface area contributed by atoms with E-state index in [2.05, 4.69) is 4.90 Å². The van der Waals surface area contributed by atoms with E-state index in [-0.39, 0.29) is 11.4 Å². The van der Waals surface area contributed by atoms with Gasteiger partial charge < -0.3 is 10.8 Å². The Hall–Kier alpha value is -1.17. The average molecular weight is 315 g/mol. The molecule has 1 aliphatic heterocycles. The summed E-state index contributed by atoms with van der Waals surface area (Å²) in [4.78, 5) is 12.9. The summed E-state index contributed by atoms with van der Waals surface area (Å²) in [5.74, 6) is -0.838. The Morgan fingerprint density at radius 3 is 2.95 bits per heavy atom. The third kappa shape index (κ3) is 4.66. The number of piperidine rings is 1. The van der Waals surface area contributed by atoms with Crippen molar-refractivity contribution in [3.63, 3.8) is 0 Å². The Bertz CT molecular complexity index is 526. The number of carbonyl (C=O) groups is 1. The molecule has 1 heterocycles. The summed E-state index contributed by atoms with van der Waals surface area (Å²) < 4.78 is 13.4. The first kappa shape index (κ1) is 16.2. The van der Waals surface area contributed by atoms with Crippen LogP contribution in [0.4, 0.5) is 4.39 Å². The summed E-state index contributed by atoms with van der Waals surface area (Å²) in [6.07, 6.45) is 2.05. The highest BCUT2D eigenvalue weighted by Gasteiger charge is 2.33. The molecule has 0 aromatic heterocycles. The van der Waals surface area contributed by atoms with Gasteiger partial charge in [-0.15, -0.1) is 0 Å². The lowest BCUT2D eigenvalue weighted by molar-refractivity contribution is -0.120. The minimum absolute atomic E-state index is 0.107. The number of carbonyl (C=O) groups excluding carboxylic acids is 1. The number of likely N-dealkylation sites (tertiary alicyclic amines) is 1. The lowest BCUT2D eigenvalue weighted by Crippen LogP contribution is -2.48. The Morgan fingerprint density at radius 1 is 1.52 bits per heavy atom. The lowest BCUT2D eigenvalue weighted by Gasteiger charge is -2.39. The van der Waals surface area contributed by atoms with Gasteiger partial charge in [0, 0.05) is 19.5 Å². The van der Waals surface area contributed by atoms with Gasteiger partial charge in [-0.25, -0.2) is 4.39 Å². The van der Waals surface area contributed by atoms with Crippen LogP contribution in [0.5, 0.6) is 0 Å². The Kier molecular flexibility index (Phi) is 5.19. The van der Waals surface area contributed by atoms with Gasteiger partial charge in [0.1, 0.15) is 5.82 Å². The molecule has 0 unspecified atom stereocenters. The van der Waals surface area contributed by atoms with E-state index in [1.54, 1.807) is 6.07 Å². The number of primary amides is 1. The Labute approximate surface area is 128 Å². The molecule has 3 N–H and O–H groups in total. The largest absolute Gasteiger partial charge is 0.389 e. The predicted molar refractivity (Wildman–Crippen MR) is 79.3 cm³/mol. The highest BCUT2D eigenvalue weighted by molar-refractivity contribution is 6.30. The molecule has 116 valence electrons. The second kappa shape index (κ2) is 6.73. The van der Waals surface area contributed by atoms with Crippen molar-refractivity contribution in [1.82, 2.24) is 4.90 Å². The van der Waals surface area contributed by atoms with Crippen molar-refractivity contribution in [2.24, 2.45) is 5.73 Å². The molecule has 0 saturated carbocycles. The summed E-state index contributed by atoms with van der Waals surface area (Å²) >= 11 is 5.67. The van der Waals surface area contributed by atoms with Crippen molar-refractivity contribution >= 4 is 17.5 Å². The van der Waals surface area contributed by atoms with Gasteiger partial charge in [0.2, 0.25) is 5.91 Å². The van der Waals surface area contributed by atoms with E-state index in [0.717, 1.165) is 18.5 Å². The van der Waals surface area contributed by atoms with Gasteiger partial charge in [-0.05, 0) is 43.5 Å². The number of hydrogen-bond acceptors (Lipinski definition) is 3. The van der Waals surface area contributed by atoms with Crippen LogP contribution in [0.25, 0.3) is 0 Å². The van der Waals surface area contributed by atoms with Gasteiger partial charge in [0.15, 0.2) is 0 Å². The SMILES string of the molecule is NC(=O)CC[C@]1(O)CCCN(Cc2ccc(Cl)c(F)c2)C1. The molecule has 4 nitrogen and oxygen atoms in total. The number of nitrogens with two attached hydrogens (primary N) is 1. The van der Waals surface area contributed by atoms with E-state index in [0.29, 0.717) is 25.9 Å². The molecule has 1 amide bonds. The number of halogens is 2. The molecule has 6 heteroatoms. The molecule has 1 aromatic carbocycles. The number of β-amino-alcohol motifs (C(OH)–C–C–N with tert-alkyl or cyclic N) is 1. The topological polar surface area (TPSA) is 66.6 Å². The maximum atomic E-state index is 13.4.